The molecular formula is C24H27N3O2S. The highest BCUT2D eigenvalue weighted by Gasteiger charge is 2.34. The van der Waals surface area contributed by atoms with Gasteiger partial charge in [-0.05, 0) is 50.5 Å². The lowest BCUT2D eigenvalue weighted by Gasteiger charge is -2.26. The fourth-order valence-corrected chi connectivity index (χ4v) is 5.04. The van der Waals surface area contributed by atoms with E-state index in [1.165, 1.54) is 17.3 Å². The minimum absolute atomic E-state index is 0.0314. The summed E-state index contributed by atoms with van der Waals surface area (Å²) in [5.74, 6) is 0.0573. The largest absolute Gasteiger partial charge is 0.308 e. The van der Waals surface area contributed by atoms with Crippen LogP contribution in [0.5, 0.6) is 0 Å². The molecule has 3 aromatic rings. The number of unbranched alkanes of at least 4 members (excludes halogenated alkanes) is 1. The van der Waals surface area contributed by atoms with E-state index in [4.69, 9.17) is 4.98 Å². The summed E-state index contributed by atoms with van der Waals surface area (Å²) in [5, 5.41) is 0.895. The van der Waals surface area contributed by atoms with Gasteiger partial charge in [-0.15, -0.1) is 0 Å². The van der Waals surface area contributed by atoms with Gasteiger partial charge in [0.1, 0.15) is 0 Å². The highest BCUT2D eigenvalue weighted by molar-refractivity contribution is 8.00. The van der Waals surface area contributed by atoms with Crippen molar-refractivity contribution in [3.05, 3.63) is 64.4 Å². The molecule has 6 heteroatoms. The van der Waals surface area contributed by atoms with Gasteiger partial charge in [-0.25, -0.2) is 4.98 Å². The Balaban J connectivity index is 1.66. The van der Waals surface area contributed by atoms with Crippen LogP contribution in [0.1, 0.15) is 39.2 Å². The van der Waals surface area contributed by atoms with Crippen molar-refractivity contribution in [2.45, 2.75) is 63.0 Å². The molecule has 5 nitrogen and oxygen atoms in total. The van der Waals surface area contributed by atoms with E-state index in [1.807, 2.05) is 54.3 Å². The molecule has 0 bridgehead atoms. The third kappa shape index (κ3) is 3.76. The fourth-order valence-electron chi connectivity index (χ4n) is 4.06. The Bertz CT molecular complexity index is 1140. The molecule has 2 atom stereocenters. The van der Waals surface area contributed by atoms with E-state index in [0.717, 1.165) is 24.9 Å². The molecule has 4 rings (SSSR count). The molecule has 1 aliphatic heterocycles. The van der Waals surface area contributed by atoms with Gasteiger partial charge in [-0.2, -0.15) is 0 Å². The number of nitrogens with zero attached hydrogens (tertiary/aromatic N) is 3. The molecule has 0 aliphatic carbocycles. The van der Waals surface area contributed by atoms with Crippen LogP contribution in [0.4, 0.5) is 5.69 Å². The first kappa shape index (κ1) is 20.7. The lowest BCUT2D eigenvalue weighted by atomic mass is 10.1. The van der Waals surface area contributed by atoms with Gasteiger partial charge >= 0.3 is 0 Å². The molecule has 0 radical (unpaired) electrons. The monoisotopic (exact) mass is 421 g/mol. The van der Waals surface area contributed by atoms with Gasteiger partial charge in [0, 0.05) is 18.3 Å². The molecule has 1 aliphatic rings. The van der Waals surface area contributed by atoms with Crippen molar-refractivity contribution in [3.63, 3.8) is 0 Å². The van der Waals surface area contributed by atoms with Crippen molar-refractivity contribution in [1.82, 2.24) is 9.55 Å². The maximum absolute atomic E-state index is 13.4. The maximum Gasteiger partial charge on any atom is 0.262 e. The Kier molecular flexibility index (Phi) is 5.95. The zero-order valence-electron chi connectivity index (χ0n) is 17.7. The Morgan fingerprint density at radius 3 is 2.73 bits per heavy atom. The van der Waals surface area contributed by atoms with Crippen molar-refractivity contribution in [1.29, 1.82) is 0 Å². The maximum atomic E-state index is 13.4. The molecule has 0 spiro atoms. The summed E-state index contributed by atoms with van der Waals surface area (Å²) in [7, 11) is 0. The van der Waals surface area contributed by atoms with E-state index in [0.29, 0.717) is 22.6 Å². The molecule has 2 heterocycles. The summed E-state index contributed by atoms with van der Waals surface area (Å²) in [5.41, 5.74) is 2.85. The Morgan fingerprint density at radius 1 is 1.20 bits per heavy atom. The summed E-state index contributed by atoms with van der Waals surface area (Å²) in [4.78, 5) is 33.1. The number of benzene rings is 2. The van der Waals surface area contributed by atoms with Crippen LogP contribution in [0.2, 0.25) is 0 Å². The van der Waals surface area contributed by atoms with Crippen molar-refractivity contribution >= 4 is 34.3 Å². The van der Waals surface area contributed by atoms with Crippen LogP contribution in [-0.4, -0.2) is 26.8 Å². The number of carbonyl (C=O) groups excluding carboxylic acids is 1. The summed E-state index contributed by atoms with van der Waals surface area (Å²) in [6.07, 6.45) is 2.75. The number of fused-ring (bicyclic) bond motifs is 2. The summed E-state index contributed by atoms with van der Waals surface area (Å²) < 4.78 is 1.74. The zero-order valence-corrected chi connectivity index (χ0v) is 18.5. The lowest BCUT2D eigenvalue weighted by molar-refractivity contribution is -0.118. The van der Waals surface area contributed by atoms with Gasteiger partial charge in [-0.3, -0.25) is 14.2 Å². The first-order chi connectivity index (χ1) is 14.5. The first-order valence-corrected chi connectivity index (χ1v) is 11.5. The molecule has 0 N–H and O–H groups in total. The highest BCUT2D eigenvalue weighted by Crippen LogP contribution is 2.34. The number of hydrogen-bond acceptors (Lipinski definition) is 4. The zero-order chi connectivity index (χ0) is 21.3. The van der Waals surface area contributed by atoms with Crippen molar-refractivity contribution in [3.8, 4) is 0 Å². The number of aromatic nitrogens is 2. The van der Waals surface area contributed by atoms with Crippen LogP contribution >= 0.6 is 11.8 Å². The predicted molar refractivity (Wildman–Crippen MR) is 123 cm³/mol. The molecule has 30 heavy (non-hydrogen) atoms. The minimum atomic E-state index is -0.348. The van der Waals surface area contributed by atoms with E-state index < -0.39 is 0 Å². The normalized spacial score (nSPS) is 16.6. The van der Waals surface area contributed by atoms with Gasteiger partial charge in [0.25, 0.3) is 5.56 Å². The SMILES string of the molecule is CCCCn1c(S[C@H](C)C(=O)N2c3ccccc3C[C@H]2C)nc2ccccc2c1=O. The number of carbonyl (C=O) groups is 1. The van der Waals surface area contributed by atoms with Gasteiger partial charge in [0.2, 0.25) is 5.91 Å². The Labute approximate surface area is 181 Å². The van der Waals surface area contributed by atoms with Gasteiger partial charge in [-0.1, -0.05) is 55.4 Å². The molecule has 2 aromatic carbocycles. The van der Waals surface area contributed by atoms with Gasteiger partial charge in [0.15, 0.2) is 5.16 Å². The van der Waals surface area contributed by atoms with Crippen LogP contribution in [0.25, 0.3) is 10.9 Å². The quantitative estimate of drug-likeness (QED) is 0.429. The minimum Gasteiger partial charge on any atom is -0.308 e. The molecular weight excluding hydrogens is 394 g/mol. The van der Waals surface area contributed by atoms with Crippen LogP contribution in [0.3, 0.4) is 0 Å². The van der Waals surface area contributed by atoms with Crippen LogP contribution in [0.15, 0.2) is 58.5 Å². The third-order valence-corrected chi connectivity index (χ3v) is 6.71. The van der Waals surface area contributed by atoms with Crippen molar-refractivity contribution in [2.75, 3.05) is 4.90 Å². The van der Waals surface area contributed by atoms with E-state index in [2.05, 4.69) is 19.9 Å². The van der Waals surface area contributed by atoms with Crippen molar-refractivity contribution in [2.24, 2.45) is 0 Å². The average molecular weight is 422 g/mol. The first-order valence-electron chi connectivity index (χ1n) is 10.6. The van der Waals surface area contributed by atoms with E-state index in [-0.39, 0.29) is 22.8 Å². The number of hydrogen-bond donors (Lipinski definition) is 0. The molecule has 156 valence electrons. The molecule has 0 saturated heterocycles. The summed E-state index contributed by atoms with van der Waals surface area (Å²) in [6, 6.07) is 15.6. The standard InChI is InChI=1S/C24H27N3O2S/c1-4-5-14-26-23(29)19-11-7-8-12-20(19)25-24(26)30-17(3)22(28)27-16(2)15-18-10-6-9-13-21(18)27/h6-13,16-17H,4-5,14-15H2,1-3H3/t16-,17-/m1/s1. The van der Waals surface area contributed by atoms with Crippen molar-refractivity contribution < 1.29 is 4.79 Å². The second kappa shape index (κ2) is 8.64. The number of amides is 1. The number of thioether (sulfide) groups is 1. The fraction of sp³-hybridized carbons (Fsp3) is 0.375. The second-order valence-electron chi connectivity index (χ2n) is 7.87. The number of rotatable bonds is 6. The van der Waals surface area contributed by atoms with Crippen LogP contribution in [0, 0.1) is 0 Å². The average Bonchev–Trinajstić information content (AvgIpc) is 3.08. The van der Waals surface area contributed by atoms with Crippen LogP contribution < -0.4 is 10.5 Å². The topological polar surface area (TPSA) is 55.2 Å². The molecule has 0 unspecified atom stereocenters. The molecule has 1 aromatic heterocycles. The third-order valence-electron chi connectivity index (χ3n) is 5.64. The smallest absolute Gasteiger partial charge is 0.262 e. The van der Waals surface area contributed by atoms with E-state index in [9.17, 15) is 9.59 Å². The number of para-hydroxylation sites is 2. The number of anilines is 1. The second-order valence-corrected chi connectivity index (χ2v) is 9.18. The van der Waals surface area contributed by atoms with E-state index >= 15 is 0 Å². The van der Waals surface area contributed by atoms with E-state index in [1.54, 1.807) is 4.57 Å². The van der Waals surface area contributed by atoms with Gasteiger partial charge in [0.05, 0.1) is 16.2 Å². The molecule has 0 fully saturated rings. The summed E-state index contributed by atoms with van der Waals surface area (Å²) >= 11 is 1.38. The van der Waals surface area contributed by atoms with Crippen LogP contribution in [-0.2, 0) is 17.8 Å². The Morgan fingerprint density at radius 2 is 1.93 bits per heavy atom. The lowest BCUT2D eigenvalue weighted by Crippen LogP contribution is -2.40. The Hall–Kier alpha value is -2.60. The predicted octanol–water partition coefficient (Wildman–Crippen LogP) is 4.66. The molecule has 0 saturated carbocycles. The molecule has 1 amide bonds. The summed E-state index contributed by atoms with van der Waals surface area (Å²) in [6.45, 7) is 6.71. The highest BCUT2D eigenvalue weighted by atomic mass is 32.2. The van der Waals surface area contributed by atoms with Gasteiger partial charge < -0.3 is 4.90 Å².